The lowest BCUT2D eigenvalue weighted by Crippen LogP contribution is -2.54. The number of carboxylic acid groups (broad SMARTS) is 1. The van der Waals surface area contributed by atoms with E-state index < -0.39 is 42.3 Å². The Balaban J connectivity index is 2.86. The van der Waals surface area contributed by atoms with Crippen LogP contribution in [0, 0.1) is 17.8 Å². The maximum Gasteiger partial charge on any atom is 0.340 e. The number of aliphatic carboxylic acids is 1. The van der Waals surface area contributed by atoms with E-state index in [1.54, 1.807) is 0 Å². The lowest BCUT2D eigenvalue weighted by atomic mass is 9.75. The van der Waals surface area contributed by atoms with Gasteiger partial charge in [0.25, 0.3) is 0 Å². The fourth-order valence-corrected chi connectivity index (χ4v) is 3.33. The predicted octanol–water partition coefficient (Wildman–Crippen LogP) is 0.450. The van der Waals surface area contributed by atoms with Gasteiger partial charge in [0, 0.05) is 0 Å². The summed E-state index contributed by atoms with van der Waals surface area (Å²) < 4.78 is 10.1. The Morgan fingerprint density at radius 1 is 1.19 bits per heavy atom. The molecule has 1 aliphatic rings. The Morgan fingerprint density at radius 3 is 2.33 bits per heavy atom. The lowest BCUT2D eigenvalue weighted by molar-refractivity contribution is -0.166. The Morgan fingerprint density at radius 2 is 1.81 bits per heavy atom. The monoisotopic (exact) mass is 386 g/mol. The minimum Gasteiger partial charge on any atom is -0.481 e. The van der Waals surface area contributed by atoms with Gasteiger partial charge in [0.2, 0.25) is 11.9 Å². The summed E-state index contributed by atoms with van der Waals surface area (Å²) in [5.41, 5.74) is 5.48. The second kappa shape index (κ2) is 10.2. The molecule has 27 heavy (non-hydrogen) atoms. The van der Waals surface area contributed by atoms with Crippen LogP contribution in [0.15, 0.2) is 0 Å². The zero-order valence-corrected chi connectivity index (χ0v) is 16.3. The molecule has 1 amide bonds. The summed E-state index contributed by atoms with van der Waals surface area (Å²) in [4.78, 5) is 47.2. The molecule has 4 unspecified atom stereocenters. The molecule has 0 aromatic carbocycles. The molecule has 0 bridgehead atoms. The SMILES string of the molecule is COC(=O)C(NC(=O)[C@@H](N)CC(=O)O)C(=O)OC1CC(C)CCC1C(C)C. The van der Waals surface area contributed by atoms with E-state index in [2.05, 4.69) is 17.0 Å². The summed E-state index contributed by atoms with van der Waals surface area (Å²) in [5, 5.41) is 10.9. The maximum atomic E-state index is 12.6. The van der Waals surface area contributed by atoms with E-state index in [9.17, 15) is 19.2 Å². The van der Waals surface area contributed by atoms with Gasteiger partial charge in [0.15, 0.2) is 0 Å². The van der Waals surface area contributed by atoms with Crippen LogP contribution in [0.5, 0.6) is 0 Å². The van der Waals surface area contributed by atoms with Crippen LogP contribution in [0.4, 0.5) is 0 Å². The summed E-state index contributed by atoms with van der Waals surface area (Å²) in [5.74, 6) is -3.30. The summed E-state index contributed by atoms with van der Waals surface area (Å²) >= 11 is 0. The first-order valence-corrected chi connectivity index (χ1v) is 9.12. The van der Waals surface area contributed by atoms with Crippen molar-refractivity contribution < 1.29 is 33.8 Å². The highest BCUT2D eigenvalue weighted by molar-refractivity contribution is 6.03. The molecule has 0 aromatic rings. The Bertz CT molecular complexity index is 564. The number of carbonyl (C=O) groups excluding carboxylic acids is 3. The second-order valence-corrected chi connectivity index (χ2v) is 7.47. The average Bonchev–Trinajstić information content (AvgIpc) is 2.57. The first-order valence-electron chi connectivity index (χ1n) is 9.12. The highest BCUT2D eigenvalue weighted by atomic mass is 16.6. The summed E-state index contributed by atoms with van der Waals surface area (Å²) in [6.07, 6.45) is 1.63. The second-order valence-electron chi connectivity index (χ2n) is 7.47. The van der Waals surface area contributed by atoms with Gasteiger partial charge in [0.1, 0.15) is 6.10 Å². The molecule has 0 heterocycles. The highest BCUT2D eigenvalue weighted by Crippen LogP contribution is 2.35. The molecular weight excluding hydrogens is 356 g/mol. The van der Waals surface area contributed by atoms with Crippen molar-refractivity contribution in [1.82, 2.24) is 5.32 Å². The lowest BCUT2D eigenvalue weighted by Gasteiger charge is -2.37. The van der Waals surface area contributed by atoms with Gasteiger partial charge in [-0.1, -0.05) is 27.2 Å². The molecular formula is C18H30N2O7. The number of esters is 2. The van der Waals surface area contributed by atoms with Crippen LogP contribution < -0.4 is 11.1 Å². The number of carbonyl (C=O) groups is 4. The summed E-state index contributed by atoms with van der Waals surface area (Å²) in [6, 6.07) is -3.09. The molecule has 4 N–H and O–H groups in total. The third-order valence-electron chi connectivity index (χ3n) is 4.92. The van der Waals surface area contributed by atoms with Crippen molar-refractivity contribution in [3.05, 3.63) is 0 Å². The molecule has 5 atom stereocenters. The molecule has 0 spiro atoms. The normalized spacial score (nSPS) is 24.6. The van der Waals surface area contributed by atoms with Gasteiger partial charge < -0.3 is 25.6 Å². The number of hydrogen-bond donors (Lipinski definition) is 3. The van der Waals surface area contributed by atoms with Crippen LogP contribution in [0.1, 0.15) is 46.5 Å². The highest BCUT2D eigenvalue weighted by Gasteiger charge is 2.38. The topological polar surface area (TPSA) is 145 Å². The molecule has 1 rings (SSSR count). The van der Waals surface area contributed by atoms with Crippen molar-refractivity contribution >= 4 is 23.8 Å². The number of amides is 1. The van der Waals surface area contributed by atoms with Crippen LogP contribution in [0.2, 0.25) is 0 Å². The largest absolute Gasteiger partial charge is 0.481 e. The van der Waals surface area contributed by atoms with E-state index in [-0.39, 0.29) is 12.0 Å². The fraction of sp³-hybridized carbons (Fsp3) is 0.778. The van der Waals surface area contributed by atoms with E-state index in [1.807, 2.05) is 13.8 Å². The Hall–Kier alpha value is -2.16. The number of nitrogens with one attached hydrogen (secondary N) is 1. The van der Waals surface area contributed by atoms with Crippen LogP contribution in [-0.2, 0) is 28.7 Å². The van der Waals surface area contributed by atoms with Gasteiger partial charge in [-0.05, 0) is 30.6 Å². The average molecular weight is 386 g/mol. The van der Waals surface area contributed by atoms with Crippen LogP contribution in [0.25, 0.3) is 0 Å². The molecule has 1 saturated carbocycles. The predicted molar refractivity (Wildman–Crippen MR) is 95.4 cm³/mol. The quantitative estimate of drug-likeness (QED) is 0.403. The van der Waals surface area contributed by atoms with Gasteiger partial charge in [-0.25, -0.2) is 9.59 Å². The molecule has 9 heteroatoms. The van der Waals surface area contributed by atoms with Crippen LogP contribution in [0.3, 0.4) is 0 Å². The number of hydrogen-bond acceptors (Lipinski definition) is 7. The van der Waals surface area contributed by atoms with Gasteiger partial charge in [-0.15, -0.1) is 0 Å². The fourth-order valence-electron chi connectivity index (χ4n) is 3.33. The van der Waals surface area contributed by atoms with Crippen molar-refractivity contribution in [2.75, 3.05) is 7.11 Å². The third kappa shape index (κ3) is 6.82. The van der Waals surface area contributed by atoms with Crippen molar-refractivity contribution in [1.29, 1.82) is 0 Å². The number of rotatable bonds is 8. The van der Waals surface area contributed by atoms with Crippen LogP contribution in [-0.4, -0.2) is 54.2 Å². The van der Waals surface area contributed by atoms with Crippen molar-refractivity contribution in [3.8, 4) is 0 Å². The molecule has 1 fully saturated rings. The molecule has 0 aliphatic heterocycles. The number of methoxy groups -OCH3 is 1. The number of ether oxygens (including phenoxy) is 2. The van der Waals surface area contributed by atoms with Crippen molar-refractivity contribution in [2.24, 2.45) is 23.5 Å². The third-order valence-corrected chi connectivity index (χ3v) is 4.92. The molecule has 1 aliphatic carbocycles. The molecule has 9 nitrogen and oxygen atoms in total. The Kier molecular flexibility index (Phi) is 8.68. The number of carboxylic acids is 1. The minimum absolute atomic E-state index is 0.161. The standard InChI is InChI=1S/C18H30N2O7/c1-9(2)11-6-5-10(3)7-13(11)27-18(25)15(17(24)26-4)20-16(23)12(19)8-14(21)22/h9-13,15H,5-8,19H2,1-4H3,(H,20,23)(H,21,22)/t10?,11?,12-,13?,15?/m0/s1. The molecule has 0 radical (unpaired) electrons. The van der Waals surface area contributed by atoms with Gasteiger partial charge in [-0.3, -0.25) is 9.59 Å². The minimum atomic E-state index is -1.69. The van der Waals surface area contributed by atoms with Gasteiger partial charge in [0.05, 0.1) is 19.6 Å². The van der Waals surface area contributed by atoms with E-state index >= 15 is 0 Å². The first-order chi connectivity index (χ1) is 12.6. The van der Waals surface area contributed by atoms with Gasteiger partial charge >= 0.3 is 17.9 Å². The van der Waals surface area contributed by atoms with E-state index in [1.165, 1.54) is 0 Å². The zero-order chi connectivity index (χ0) is 20.7. The molecule has 0 aromatic heterocycles. The first kappa shape index (κ1) is 22.9. The summed E-state index contributed by atoms with van der Waals surface area (Å²) in [6.45, 7) is 6.17. The maximum absolute atomic E-state index is 12.6. The summed E-state index contributed by atoms with van der Waals surface area (Å²) in [7, 11) is 1.07. The van der Waals surface area contributed by atoms with Crippen molar-refractivity contribution in [3.63, 3.8) is 0 Å². The van der Waals surface area contributed by atoms with Crippen LogP contribution >= 0.6 is 0 Å². The molecule has 154 valence electrons. The Labute approximate surface area is 158 Å². The van der Waals surface area contributed by atoms with Gasteiger partial charge in [-0.2, -0.15) is 0 Å². The van der Waals surface area contributed by atoms with E-state index in [4.69, 9.17) is 15.6 Å². The van der Waals surface area contributed by atoms with Crippen molar-refractivity contribution in [2.45, 2.75) is 64.6 Å². The van der Waals surface area contributed by atoms with E-state index in [0.717, 1.165) is 20.0 Å². The van der Waals surface area contributed by atoms with E-state index in [0.29, 0.717) is 18.3 Å². The molecule has 0 saturated heterocycles. The smallest absolute Gasteiger partial charge is 0.340 e. The number of nitrogens with two attached hydrogens (primary N) is 1. The zero-order valence-electron chi connectivity index (χ0n) is 16.3.